The molecule has 1 aliphatic carbocycles. The van der Waals surface area contributed by atoms with Gasteiger partial charge in [0.2, 0.25) is 5.91 Å². The predicted molar refractivity (Wildman–Crippen MR) is 68.1 cm³/mol. The van der Waals surface area contributed by atoms with Gasteiger partial charge >= 0.3 is 0 Å². The number of rotatable bonds is 3. The minimum absolute atomic E-state index is 0.145. The lowest BCUT2D eigenvalue weighted by atomic mass is 9.83. The van der Waals surface area contributed by atoms with Gasteiger partial charge < -0.3 is 4.90 Å². The molecule has 0 aromatic carbocycles. The summed E-state index contributed by atoms with van der Waals surface area (Å²) in [5, 5.41) is 0. The van der Waals surface area contributed by atoms with Crippen molar-refractivity contribution < 1.29 is 4.79 Å². The van der Waals surface area contributed by atoms with Crippen molar-refractivity contribution in [1.82, 2.24) is 10.3 Å². The number of amides is 1. The largest absolute Gasteiger partial charge is 0.341 e. The number of carbonyl (C=O) groups excluding carboxylic acids is 1. The van der Waals surface area contributed by atoms with Crippen LogP contribution in [0.1, 0.15) is 51.4 Å². The highest BCUT2D eigenvalue weighted by molar-refractivity contribution is 5.82. The van der Waals surface area contributed by atoms with Crippen LogP contribution in [0, 0.1) is 5.92 Å². The van der Waals surface area contributed by atoms with Crippen LogP contribution >= 0.6 is 0 Å². The molecule has 2 aliphatic rings. The Morgan fingerprint density at radius 3 is 2.24 bits per heavy atom. The highest BCUT2D eigenvalue weighted by Crippen LogP contribution is 2.27. The number of likely N-dealkylation sites (tertiary alicyclic amines) is 1. The van der Waals surface area contributed by atoms with Crippen molar-refractivity contribution in [3.05, 3.63) is 0 Å². The topological polar surface area (TPSA) is 58.4 Å². The molecule has 1 saturated carbocycles. The number of nitrogens with two attached hydrogens (primary N) is 1. The Balaban J connectivity index is 1.93. The van der Waals surface area contributed by atoms with E-state index in [9.17, 15) is 4.79 Å². The van der Waals surface area contributed by atoms with E-state index in [4.69, 9.17) is 5.84 Å². The molecule has 4 nitrogen and oxygen atoms in total. The van der Waals surface area contributed by atoms with Gasteiger partial charge in [0.05, 0.1) is 0 Å². The third kappa shape index (κ3) is 3.19. The summed E-state index contributed by atoms with van der Waals surface area (Å²) in [5.41, 5.74) is 2.78. The van der Waals surface area contributed by atoms with E-state index in [0.29, 0.717) is 5.92 Å². The highest BCUT2D eigenvalue weighted by atomic mass is 16.2. The maximum Gasteiger partial charge on any atom is 0.241 e. The Hall–Kier alpha value is -0.610. The predicted octanol–water partition coefficient (Wildman–Crippen LogP) is 1.41. The third-order valence-corrected chi connectivity index (χ3v) is 4.23. The summed E-state index contributed by atoms with van der Waals surface area (Å²) in [6, 6.07) is -0.145. The van der Waals surface area contributed by atoms with Gasteiger partial charge in [-0.15, -0.1) is 0 Å². The lowest BCUT2D eigenvalue weighted by molar-refractivity contribution is -0.136. The van der Waals surface area contributed by atoms with Gasteiger partial charge in [-0.1, -0.05) is 19.3 Å². The molecule has 0 spiro atoms. The van der Waals surface area contributed by atoms with Crippen molar-refractivity contribution in [2.75, 3.05) is 13.1 Å². The lowest BCUT2D eigenvalue weighted by Crippen LogP contribution is -2.54. The fourth-order valence-electron chi connectivity index (χ4n) is 3.19. The van der Waals surface area contributed by atoms with Crippen LogP contribution in [0.3, 0.4) is 0 Å². The first kappa shape index (κ1) is 12.8. The van der Waals surface area contributed by atoms with Crippen LogP contribution in [0.15, 0.2) is 0 Å². The molecular weight excluding hydrogens is 214 g/mol. The van der Waals surface area contributed by atoms with Crippen LogP contribution in [0.2, 0.25) is 0 Å². The minimum atomic E-state index is -0.145. The number of hydrazine groups is 1. The highest BCUT2D eigenvalue weighted by Gasteiger charge is 2.32. The molecule has 0 aromatic rings. The van der Waals surface area contributed by atoms with E-state index < -0.39 is 0 Å². The molecule has 17 heavy (non-hydrogen) atoms. The maximum absolute atomic E-state index is 12.4. The molecule has 2 fully saturated rings. The van der Waals surface area contributed by atoms with Crippen molar-refractivity contribution in [3.8, 4) is 0 Å². The molecule has 4 heteroatoms. The Labute approximate surface area is 104 Å². The first-order valence-electron chi connectivity index (χ1n) is 7.08. The average molecular weight is 239 g/mol. The molecule has 3 N–H and O–H groups in total. The summed E-state index contributed by atoms with van der Waals surface area (Å²) in [6.07, 6.45) is 9.65. The zero-order chi connectivity index (χ0) is 12.1. The number of carbonyl (C=O) groups is 1. The fraction of sp³-hybridized carbons (Fsp3) is 0.923. The Morgan fingerprint density at radius 1 is 1.06 bits per heavy atom. The summed E-state index contributed by atoms with van der Waals surface area (Å²) in [4.78, 5) is 14.4. The summed E-state index contributed by atoms with van der Waals surface area (Å²) in [6.45, 7) is 1.84. The Morgan fingerprint density at radius 2 is 1.65 bits per heavy atom. The molecule has 2 rings (SSSR count). The third-order valence-electron chi connectivity index (χ3n) is 4.23. The van der Waals surface area contributed by atoms with E-state index in [2.05, 4.69) is 5.43 Å². The number of nitrogens with one attached hydrogen (secondary N) is 1. The zero-order valence-electron chi connectivity index (χ0n) is 10.7. The fourth-order valence-corrected chi connectivity index (χ4v) is 3.19. The second-order valence-electron chi connectivity index (χ2n) is 5.43. The van der Waals surface area contributed by atoms with Gasteiger partial charge in [0.1, 0.15) is 6.04 Å². The number of piperidine rings is 1. The van der Waals surface area contributed by atoms with Crippen molar-refractivity contribution in [2.45, 2.75) is 57.4 Å². The number of hydrogen-bond donors (Lipinski definition) is 2. The average Bonchev–Trinajstić information content (AvgIpc) is 2.42. The second-order valence-corrected chi connectivity index (χ2v) is 5.43. The monoisotopic (exact) mass is 239 g/mol. The first-order valence-corrected chi connectivity index (χ1v) is 7.08. The van der Waals surface area contributed by atoms with Gasteiger partial charge in [-0.2, -0.15) is 0 Å². The van der Waals surface area contributed by atoms with Crippen molar-refractivity contribution >= 4 is 5.91 Å². The van der Waals surface area contributed by atoms with E-state index in [1.165, 1.54) is 25.7 Å². The molecule has 1 aliphatic heterocycles. The SMILES string of the molecule is NNC(C(=O)N1CCCCC1)C1CCCCC1. The molecule has 1 amide bonds. The normalized spacial score (nSPS) is 24.6. The maximum atomic E-state index is 12.4. The standard InChI is InChI=1S/C13H25N3O/c14-15-12(11-7-3-1-4-8-11)13(17)16-9-5-2-6-10-16/h11-12,15H,1-10,14H2. The Bertz CT molecular complexity index is 245. The van der Waals surface area contributed by atoms with Gasteiger partial charge in [0.15, 0.2) is 0 Å². The summed E-state index contributed by atoms with van der Waals surface area (Å²) in [5.74, 6) is 6.30. The van der Waals surface area contributed by atoms with E-state index in [1.807, 2.05) is 4.90 Å². The molecule has 1 unspecified atom stereocenters. The van der Waals surface area contributed by atoms with E-state index in [1.54, 1.807) is 0 Å². The smallest absolute Gasteiger partial charge is 0.241 e. The molecule has 1 saturated heterocycles. The van der Waals surface area contributed by atoms with Gasteiger partial charge in [-0.25, -0.2) is 5.43 Å². The number of hydrogen-bond acceptors (Lipinski definition) is 3. The molecule has 0 aromatic heterocycles. The van der Waals surface area contributed by atoms with Crippen molar-refractivity contribution in [3.63, 3.8) is 0 Å². The zero-order valence-corrected chi connectivity index (χ0v) is 10.7. The van der Waals surface area contributed by atoms with Gasteiger partial charge in [-0.05, 0) is 38.0 Å². The lowest BCUT2D eigenvalue weighted by Gasteiger charge is -2.34. The summed E-state index contributed by atoms with van der Waals surface area (Å²) in [7, 11) is 0. The van der Waals surface area contributed by atoms with E-state index in [-0.39, 0.29) is 11.9 Å². The van der Waals surface area contributed by atoms with E-state index in [0.717, 1.165) is 38.8 Å². The van der Waals surface area contributed by atoms with Crippen molar-refractivity contribution in [2.24, 2.45) is 11.8 Å². The summed E-state index contributed by atoms with van der Waals surface area (Å²) < 4.78 is 0. The number of nitrogens with zero attached hydrogens (tertiary/aromatic N) is 1. The van der Waals surface area contributed by atoms with Crippen LogP contribution in [0.5, 0.6) is 0 Å². The Kier molecular flexibility index (Phi) is 4.80. The van der Waals surface area contributed by atoms with Crippen LogP contribution in [-0.4, -0.2) is 29.9 Å². The second kappa shape index (κ2) is 6.36. The molecule has 0 bridgehead atoms. The summed E-state index contributed by atoms with van der Waals surface area (Å²) >= 11 is 0. The van der Waals surface area contributed by atoms with Crippen LogP contribution < -0.4 is 11.3 Å². The van der Waals surface area contributed by atoms with Crippen LogP contribution in [0.25, 0.3) is 0 Å². The minimum Gasteiger partial charge on any atom is -0.341 e. The van der Waals surface area contributed by atoms with E-state index >= 15 is 0 Å². The molecule has 1 heterocycles. The molecule has 98 valence electrons. The van der Waals surface area contributed by atoms with Crippen molar-refractivity contribution in [1.29, 1.82) is 0 Å². The van der Waals surface area contributed by atoms with Crippen LogP contribution in [-0.2, 0) is 4.79 Å². The molecule has 0 radical (unpaired) electrons. The van der Waals surface area contributed by atoms with Gasteiger partial charge in [0.25, 0.3) is 0 Å². The van der Waals surface area contributed by atoms with Gasteiger partial charge in [-0.3, -0.25) is 10.6 Å². The quantitative estimate of drug-likeness (QED) is 0.578. The molecular formula is C13H25N3O. The first-order chi connectivity index (χ1) is 8.33. The van der Waals surface area contributed by atoms with Gasteiger partial charge in [0, 0.05) is 13.1 Å². The molecule has 1 atom stereocenters. The van der Waals surface area contributed by atoms with Crippen LogP contribution in [0.4, 0.5) is 0 Å².